The molecule has 0 atom stereocenters. The Hall–Kier alpha value is -2.83. The summed E-state index contributed by atoms with van der Waals surface area (Å²) in [6, 6.07) is 16.4. The maximum Gasteiger partial charge on any atom is 0.261 e. The highest BCUT2D eigenvalue weighted by Crippen LogP contribution is 2.25. The van der Waals surface area contributed by atoms with Crippen LogP contribution in [0, 0.1) is 6.92 Å². The summed E-state index contributed by atoms with van der Waals surface area (Å²) < 4.78 is 28.0. The van der Waals surface area contributed by atoms with Gasteiger partial charge in [0.15, 0.2) is 5.43 Å². The first-order valence-corrected chi connectivity index (χ1v) is 10.0. The number of aryl methyl sites for hydroxylation is 1. The minimum atomic E-state index is -3.79. The predicted molar refractivity (Wildman–Crippen MR) is 109 cm³/mol. The van der Waals surface area contributed by atoms with Crippen LogP contribution in [0.15, 0.2) is 70.4 Å². The van der Waals surface area contributed by atoms with Gasteiger partial charge in [0.1, 0.15) is 0 Å². The Morgan fingerprint density at radius 1 is 0.963 bits per heavy atom. The van der Waals surface area contributed by atoms with Gasteiger partial charge in [-0.05, 0) is 49.4 Å². The monoisotopic (exact) mass is 398 g/mol. The van der Waals surface area contributed by atoms with E-state index in [-0.39, 0.29) is 10.3 Å². The molecule has 0 aliphatic heterocycles. The van der Waals surface area contributed by atoms with Gasteiger partial charge in [0, 0.05) is 21.3 Å². The number of sulfonamides is 1. The van der Waals surface area contributed by atoms with Gasteiger partial charge in [0.05, 0.1) is 16.1 Å². The van der Waals surface area contributed by atoms with Crippen molar-refractivity contribution in [1.29, 1.82) is 0 Å². The molecule has 1 aromatic heterocycles. The van der Waals surface area contributed by atoms with E-state index in [4.69, 9.17) is 11.6 Å². The Bertz CT molecular complexity index is 1340. The molecule has 7 heteroatoms. The number of halogens is 1. The van der Waals surface area contributed by atoms with Crippen LogP contribution >= 0.6 is 11.6 Å². The van der Waals surface area contributed by atoms with E-state index in [2.05, 4.69) is 9.71 Å². The maximum absolute atomic E-state index is 12.8. The lowest BCUT2D eigenvalue weighted by molar-refractivity contribution is 0.601. The average molecular weight is 399 g/mol. The number of pyridine rings is 1. The molecule has 0 fully saturated rings. The first-order chi connectivity index (χ1) is 12.8. The number of hydrogen-bond acceptors (Lipinski definition) is 3. The third kappa shape index (κ3) is 3.18. The van der Waals surface area contributed by atoms with E-state index in [1.807, 2.05) is 6.92 Å². The molecule has 0 saturated carbocycles. The molecule has 0 saturated heterocycles. The highest BCUT2D eigenvalue weighted by Gasteiger charge is 2.17. The zero-order valence-electron chi connectivity index (χ0n) is 14.3. The fraction of sp³-hybridized carbons (Fsp3) is 0.0500. The van der Waals surface area contributed by atoms with Crippen LogP contribution < -0.4 is 10.2 Å². The molecular formula is C20H15ClN2O3S. The van der Waals surface area contributed by atoms with Crippen LogP contribution in [0.1, 0.15) is 5.56 Å². The number of aromatic nitrogens is 1. The van der Waals surface area contributed by atoms with E-state index < -0.39 is 10.0 Å². The maximum atomic E-state index is 12.8. The summed E-state index contributed by atoms with van der Waals surface area (Å²) in [5.41, 5.74) is 2.07. The molecule has 0 aliphatic carbocycles. The van der Waals surface area contributed by atoms with Crippen molar-refractivity contribution in [2.24, 2.45) is 0 Å². The summed E-state index contributed by atoms with van der Waals surface area (Å²) >= 11 is 5.99. The van der Waals surface area contributed by atoms with Crippen molar-refractivity contribution in [3.8, 4) is 0 Å². The number of H-pyrrole nitrogens is 1. The summed E-state index contributed by atoms with van der Waals surface area (Å²) in [5.74, 6) is 0. The van der Waals surface area contributed by atoms with Gasteiger partial charge >= 0.3 is 0 Å². The second kappa shape index (κ2) is 6.40. The standard InChI is InChI=1S/C20H15ClN2O3S/c1-12-5-8-14(9-6-12)27(25,26)23-18-4-2-3-15-19(18)22-17-10-7-13(21)11-16(17)20(15)24/h2-11,23H,1H3,(H,22,24). The largest absolute Gasteiger partial charge is 0.353 e. The molecule has 0 unspecified atom stereocenters. The zero-order valence-corrected chi connectivity index (χ0v) is 15.9. The summed E-state index contributed by atoms with van der Waals surface area (Å²) in [4.78, 5) is 16.1. The van der Waals surface area contributed by atoms with Gasteiger partial charge < -0.3 is 4.98 Å². The number of benzene rings is 3. The predicted octanol–water partition coefficient (Wildman–Crippen LogP) is 4.44. The Kier molecular flexibility index (Phi) is 4.17. The van der Waals surface area contributed by atoms with E-state index in [1.165, 1.54) is 0 Å². The van der Waals surface area contributed by atoms with Crippen LogP contribution in [0.2, 0.25) is 5.02 Å². The average Bonchev–Trinajstić information content (AvgIpc) is 2.63. The van der Waals surface area contributed by atoms with E-state index in [1.54, 1.807) is 60.7 Å². The molecule has 27 heavy (non-hydrogen) atoms. The smallest absolute Gasteiger partial charge is 0.261 e. The quantitative estimate of drug-likeness (QED) is 0.500. The molecule has 3 aromatic carbocycles. The van der Waals surface area contributed by atoms with Crippen molar-refractivity contribution in [1.82, 2.24) is 4.98 Å². The second-order valence-electron chi connectivity index (χ2n) is 6.29. The molecule has 2 N–H and O–H groups in total. The Balaban J connectivity index is 1.90. The van der Waals surface area contributed by atoms with Gasteiger partial charge in [-0.1, -0.05) is 35.4 Å². The SMILES string of the molecule is Cc1ccc(S(=O)(=O)Nc2cccc3c(=O)c4cc(Cl)ccc4[nH]c23)cc1. The van der Waals surface area contributed by atoms with Crippen molar-refractivity contribution >= 4 is 49.1 Å². The second-order valence-corrected chi connectivity index (χ2v) is 8.41. The van der Waals surface area contributed by atoms with Crippen molar-refractivity contribution in [2.75, 3.05) is 4.72 Å². The molecule has 0 aliphatic rings. The molecule has 0 amide bonds. The van der Waals surface area contributed by atoms with Gasteiger partial charge in [-0.15, -0.1) is 0 Å². The van der Waals surface area contributed by atoms with Gasteiger partial charge in [0.25, 0.3) is 10.0 Å². The van der Waals surface area contributed by atoms with Crippen LogP contribution in [-0.4, -0.2) is 13.4 Å². The Morgan fingerprint density at radius 3 is 2.44 bits per heavy atom. The molecule has 4 rings (SSSR count). The Labute approximate surface area is 160 Å². The van der Waals surface area contributed by atoms with E-state index >= 15 is 0 Å². The normalized spacial score (nSPS) is 11.8. The lowest BCUT2D eigenvalue weighted by Gasteiger charge is -2.12. The number of para-hydroxylation sites is 1. The zero-order chi connectivity index (χ0) is 19.2. The highest BCUT2D eigenvalue weighted by molar-refractivity contribution is 7.92. The number of aromatic amines is 1. The lowest BCUT2D eigenvalue weighted by Crippen LogP contribution is -2.14. The molecule has 0 spiro atoms. The van der Waals surface area contributed by atoms with Gasteiger partial charge in [-0.3, -0.25) is 9.52 Å². The summed E-state index contributed by atoms with van der Waals surface area (Å²) in [5, 5.41) is 1.30. The van der Waals surface area contributed by atoms with Crippen molar-refractivity contribution in [3.05, 3.63) is 81.5 Å². The van der Waals surface area contributed by atoms with Crippen LogP contribution in [0.4, 0.5) is 5.69 Å². The third-order valence-electron chi connectivity index (χ3n) is 4.37. The Morgan fingerprint density at radius 2 is 1.70 bits per heavy atom. The van der Waals surface area contributed by atoms with Crippen LogP contribution in [-0.2, 0) is 10.0 Å². The molecule has 136 valence electrons. The summed E-state index contributed by atoms with van der Waals surface area (Å²) in [6.07, 6.45) is 0. The molecule has 0 bridgehead atoms. The molecule has 4 aromatic rings. The van der Waals surface area contributed by atoms with Gasteiger partial charge in [0.2, 0.25) is 0 Å². The fourth-order valence-corrected chi connectivity index (χ4v) is 4.22. The molecule has 0 radical (unpaired) electrons. The van der Waals surface area contributed by atoms with E-state index in [0.717, 1.165) is 5.56 Å². The minimum absolute atomic E-state index is 0.153. The minimum Gasteiger partial charge on any atom is -0.353 e. The highest BCUT2D eigenvalue weighted by atomic mass is 35.5. The van der Waals surface area contributed by atoms with Gasteiger partial charge in [-0.25, -0.2) is 8.42 Å². The number of fused-ring (bicyclic) bond motifs is 2. The van der Waals surface area contributed by atoms with Gasteiger partial charge in [-0.2, -0.15) is 0 Å². The van der Waals surface area contributed by atoms with E-state index in [9.17, 15) is 13.2 Å². The molecular weight excluding hydrogens is 384 g/mol. The first-order valence-electron chi connectivity index (χ1n) is 8.19. The van der Waals surface area contributed by atoms with Crippen LogP contribution in [0.25, 0.3) is 21.8 Å². The molecule has 1 heterocycles. The summed E-state index contributed by atoms with van der Waals surface area (Å²) in [6.45, 7) is 1.89. The number of rotatable bonds is 3. The summed E-state index contributed by atoms with van der Waals surface area (Å²) in [7, 11) is -3.79. The van der Waals surface area contributed by atoms with Crippen molar-refractivity contribution < 1.29 is 8.42 Å². The van der Waals surface area contributed by atoms with E-state index in [0.29, 0.717) is 32.5 Å². The lowest BCUT2D eigenvalue weighted by atomic mass is 10.1. The number of anilines is 1. The first kappa shape index (κ1) is 17.6. The number of nitrogens with one attached hydrogen (secondary N) is 2. The van der Waals surface area contributed by atoms with Crippen molar-refractivity contribution in [3.63, 3.8) is 0 Å². The number of hydrogen-bond donors (Lipinski definition) is 2. The van der Waals surface area contributed by atoms with Crippen LogP contribution in [0.3, 0.4) is 0 Å². The fourth-order valence-electron chi connectivity index (χ4n) is 2.98. The van der Waals surface area contributed by atoms with Crippen LogP contribution in [0.5, 0.6) is 0 Å². The third-order valence-corrected chi connectivity index (χ3v) is 5.99. The van der Waals surface area contributed by atoms with Crippen molar-refractivity contribution in [2.45, 2.75) is 11.8 Å². The topological polar surface area (TPSA) is 79.0 Å². The molecule has 5 nitrogen and oxygen atoms in total.